The zero-order chi connectivity index (χ0) is 18.9. The van der Waals surface area contributed by atoms with E-state index in [9.17, 15) is 14.4 Å². The lowest BCUT2D eigenvalue weighted by atomic mass is 9.97. The lowest BCUT2D eigenvalue weighted by molar-refractivity contribution is -0.190. The van der Waals surface area contributed by atoms with Crippen LogP contribution in [0.1, 0.15) is 27.7 Å². The van der Waals surface area contributed by atoms with Crippen molar-refractivity contribution in [1.29, 1.82) is 0 Å². The number of amides is 1. The molecule has 8 nitrogen and oxygen atoms in total. The number of β-lactam (4-membered cyclic amide) rings is 1. The van der Waals surface area contributed by atoms with Crippen LogP contribution in [-0.2, 0) is 28.6 Å². The third kappa shape index (κ3) is 3.99. The van der Waals surface area contributed by atoms with Crippen molar-refractivity contribution in [2.45, 2.75) is 45.4 Å². The summed E-state index contributed by atoms with van der Waals surface area (Å²) in [4.78, 5) is 37.9. The van der Waals surface area contributed by atoms with Gasteiger partial charge in [-0.2, -0.15) is 0 Å². The maximum absolute atomic E-state index is 12.6. The van der Waals surface area contributed by atoms with E-state index < -0.39 is 29.7 Å². The average Bonchev–Trinajstić information content (AvgIpc) is 2.52. The van der Waals surface area contributed by atoms with E-state index in [1.54, 1.807) is 20.8 Å². The molecule has 2 aliphatic rings. The van der Waals surface area contributed by atoms with Crippen LogP contribution in [0, 0.1) is 5.41 Å². The van der Waals surface area contributed by atoms with Crippen LogP contribution in [0.3, 0.4) is 0 Å². The Kier molecular flexibility index (Phi) is 5.80. The summed E-state index contributed by atoms with van der Waals surface area (Å²) >= 11 is 1.48. The average molecular weight is 372 g/mol. The van der Waals surface area contributed by atoms with E-state index in [1.165, 1.54) is 30.7 Å². The first-order valence-corrected chi connectivity index (χ1v) is 8.96. The number of rotatable bonds is 5. The number of nitrogens with zero attached hydrogens (tertiary/aromatic N) is 1. The minimum absolute atomic E-state index is 0.135. The normalized spacial score (nSPS) is 24.4. The van der Waals surface area contributed by atoms with E-state index in [0.29, 0.717) is 11.3 Å². The molecule has 3 atom stereocenters. The molecule has 0 aromatic carbocycles. The van der Waals surface area contributed by atoms with Crippen LogP contribution in [0.25, 0.3) is 0 Å². The van der Waals surface area contributed by atoms with Gasteiger partial charge in [0.1, 0.15) is 17.1 Å². The number of hydrogen-bond donors (Lipinski definition) is 1. The van der Waals surface area contributed by atoms with E-state index in [4.69, 9.17) is 19.9 Å². The molecule has 1 amide bonds. The Hall–Kier alpha value is -1.58. The van der Waals surface area contributed by atoms with Gasteiger partial charge in [-0.25, -0.2) is 4.79 Å². The Morgan fingerprint density at radius 3 is 2.56 bits per heavy atom. The Morgan fingerprint density at radius 2 is 2.00 bits per heavy atom. The fourth-order valence-electron chi connectivity index (χ4n) is 2.41. The third-order valence-electron chi connectivity index (χ3n) is 3.76. The Labute approximate surface area is 151 Å². The van der Waals surface area contributed by atoms with Gasteiger partial charge in [0.15, 0.2) is 0 Å². The van der Waals surface area contributed by atoms with Crippen molar-refractivity contribution in [2.75, 3.05) is 19.5 Å². The zero-order valence-corrected chi connectivity index (χ0v) is 15.8. The smallest absolute Gasteiger partial charge is 0.358 e. The van der Waals surface area contributed by atoms with Gasteiger partial charge in [0.25, 0.3) is 0 Å². The lowest BCUT2D eigenvalue weighted by Gasteiger charge is -2.48. The summed E-state index contributed by atoms with van der Waals surface area (Å²) in [6.07, 6.45) is -1.08. The molecule has 9 heteroatoms. The molecular weight excluding hydrogens is 348 g/mol. The van der Waals surface area contributed by atoms with Crippen LogP contribution in [0.4, 0.5) is 0 Å². The molecule has 140 valence electrons. The van der Waals surface area contributed by atoms with E-state index in [-0.39, 0.29) is 23.6 Å². The molecule has 0 radical (unpaired) electrons. The van der Waals surface area contributed by atoms with Crippen molar-refractivity contribution in [1.82, 2.24) is 4.90 Å². The summed E-state index contributed by atoms with van der Waals surface area (Å²) in [6.45, 7) is 6.75. The fourth-order valence-corrected chi connectivity index (χ4v) is 3.69. The summed E-state index contributed by atoms with van der Waals surface area (Å²) in [6, 6.07) is -0.631. The number of fused-ring (bicyclic) bond motifs is 1. The Bertz CT molecular complexity index is 612. The van der Waals surface area contributed by atoms with Crippen LogP contribution in [0.2, 0.25) is 0 Å². The quantitative estimate of drug-likeness (QED) is 0.425. The molecule has 1 saturated heterocycles. The van der Waals surface area contributed by atoms with Crippen LogP contribution in [0.15, 0.2) is 11.3 Å². The highest BCUT2D eigenvalue weighted by molar-refractivity contribution is 8.00. The van der Waals surface area contributed by atoms with Crippen molar-refractivity contribution in [2.24, 2.45) is 11.1 Å². The van der Waals surface area contributed by atoms with Crippen LogP contribution in [0.5, 0.6) is 0 Å². The standard InChI is InChI=1S/C16H24N2O6S/c1-8(24-15(21)16(2,3)4)23-14(20)11-9(6-22-5)7-25-13-10(17)12(19)18(11)13/h8,10,13H,6-7,17H2,1-5H3/t8?,10-,13-/m1/s1. The maximum Gasteiger partial charge on any atom is 0.358 e. The lowest BCUT2D eigenvalue weighted by Crippen LogP contribution is -2.68. The summed E-state index contributed by atoms with van der Waals surface area (Å²) in [7, 11) is 1.50. The van der Waals surface area contributed by atoms with Gasteiger partial charge >= 0.3 is 11.9 Å². The predicted octanol–water partition coefficient (Wildman–Crippen LogP) is 0.608. The Balaban J connectivity index is 2.14. The molecule has 0 saturated carbocycles. The molecule has 2 heterocycles. The van der Waals surface area contributed by atoms with Gasteiger partial charge in [-0.1, -0.05) is 0 Å². The van der Waals surface area contributed by atoms with Gasteiger partial charge in [-0.05, 0) is 26.3 Å². The zero-order valence-electron chi connectivity index (χ0n) is 15.0. The second-order valence-corrected chi connectivity index (χ2v) is 8.05. The summed E-state index contributed by atoms with van der Waals surface area (Å²) in [5.74, 6) is -1.04. The first-order valence-electron chi connectivity index (χ1n) is 7.91. The van der Waals surface area contributed by atoms with E-state index in [2.05, 4.69) is 0 Å². The number of ether oxygens (including phenoxy) is 3. The molecule has 0 aromatic rings. The molecule has 2 aliphatic heterocycles. The highest BCUT2D eigenvalue weighted by Crippen LogP contribution is 2.39. The topological polar surface area (TPSA) is 108 Å². The number of nitrogens with two attached hydrogens (primary N) is 1. The van der Waals surface area contributed by atoms with Crippen LogP contribution < -0.4 is 5.73 Å². The van der Waals surface area contributed by atoms with E-state index in [1.807, 2.05) is 0 Å². The van der Waals surface area contributed by atoms with Gasteiger partial charge in [0.05, 0.1) is 12.0 Å². The molecule has 1 fully saturated rings. The highest BCUT2D eigenvalue weighted by Gasteiger charge is 2.52. The third-order valence-corrected chi connectivity index (χ3v) is 5.12. The van der Waals surface area contributed by atoms with Gasteiger partial charge < -0.3 is 19.9 Å². The minimum Gasteiger partial charge on any atom is -0.425 e. The molecule has 2 rings (SSSR count). The number of carbonyl (C=O) groups excluding carboxylic acids is 3. The second kappa shape index (κ2) is 7.35. The highest BCUT2D eigenvalue weighted by atomic mass is 32.2. The number of carbonyl (C=O) groups is 3. The van der Waals surface area contributed by atoms with Gasteiger partial charge in [0.2, 0.25) is 12.2 Å². The summed E-state index contributed by atoms with van der Waals surface area (Å²) in [5, 5.41) is -0.289. The molecule has 0 aromatic heterocycles. The van der Waals surface area contributed by atoms with Crippen molar-refractivity contribution in [3.63, 3.8) is 0 Å². The molecule has 0 spiro atoms. The van der Waals surface area contributed by atoms with Crippen molar-refractivity contribution in [3.8, 4) is 0 Å². The van der Waals surface area contributed by atoms with Crippen molar-refractivity contribution >= 4 is 29.6 Å². The molecular formula is C16H24N2O6S. The van der Waals surface area contributed by atoms with Crippen molar-refractivity contribution < 1.29 is 28.6 Å². The second-order valence-electron chi connectivity index (χ2n) is 6.95. The molecule has 2 N–H and O–H groups in total. The molecule has 0 aliphatic carbocycles. The van der Waals surface area contributed by atoms with Crippen LogP contribution in [-0.4, -0.2) is 59.9 Å². The largest absolute Gasteiger partial charge is 0.425 e. The van der Waals surface area contributed by atoms with Gasteiger partial charge in [0, 0.05) is 19.8 Å². The predicted molar refractivity (Wildman–Crippen MR) is 91.1 cm³/mol. The number of methoxy groups -OCH3 is 1. The van der Waals surface area contributed by atoms with E-state index in [0.717, 1.165) is 0 Å². The number of esters is 2. The molecule has 0 bridgehead atoms. The van der Waals surface area contributed by atoms with Gasteiger partial charge in [-0.15, -0.1) is 11.8 Å². The first kappa shape index (κ1) is 19.7. The van der Waals surface area contributed by atoms with Gasteiger partial charge in [-0.3, -0.25) is 14.5 Å². The first-order chi connectivity index (χ1) is 11.6. The summed E-state index contributed by atoms with van der Waals surface area (Å²) in [5.41, 5.74) is 5.85. The maximum atomic E-state index is 12.6. The molecule has 25 heavy (non-hydrogen) atoms. The summed E-state index contributed by atoms with van der Waals surface area (Å²) < 4.78 is 15.5. The van der Waals surface area contributed by atoms with E-state index >= 15 is 0 Å². The number of thioether (sulfide) groups is 1. The monoisotopic (exact) mass is 372 g/mol. The van der Waals surface area contributed by atoms with Crippen LogP contribution >= 0.6 is 11.8 Å². The SMILES string of the molecule is COCC1=C(C(=O)OC(C)OC(=O)C(C)(C)C)N2C(=O)[C@@H](N)[C@H]2SC1. The van der Waals surface area contributed by atoms with Crippen molar-refractivity contribution in [3.05, 3.63) is 11.3 Å². The molecule has 1 unspecified atom stereocenters. The minimum atomic E-state index is -1.08. The fraction of sp³-hybridized carbons (Fsp3) is 0.688. The number of hydrogen-bond acceptors (Lipinski definition) is 8. The Morgan fingerprint density at radius 1 is 1.36 bits per heavy atom.